The van der Waals surface area contributed by atoms with E-state index < -0.39 is 10.0 Å². The van der Waals surface area contributed by atoms with E-state index >= 15 is 0 Å². The summed E-state index contributed by atoms with van der Waals surface area (Å²) in [7, 11) is -3.69. The van der Waals surface area contributed by atoms with Gasteiger partial charge in [-0.2, -0.15) is 0 Å². The minimum Gasteiger partial charge on any atom is -0.326 e. The largest absolute Gasteiger partial charge is 0.326 e. The molecule has 1 unspecified atom stereocenters. The Morgan fingerprint density at radius 2 is 2.00 bits per heavy atom. The van der Waals surface area contributed by atoms with Gasteiger partial charge >= 0.3 is 0 Å². The lowest BCUT2D eigenvalue weighted by Crippen LogP contribution is -2.36. The molecule has 6 nitrogen and oxygen atoms in total. The van der Waals surface area contributed by atoms with Crippen LogP contribution in [-0.4, -0.2) is 26.9 Å². The van der Waals surface area contributed by atoms with Crippen molar-refractivity contribution >= 4 is 21.6 Å². The third-order valence-electron chi connectivity index (χ3n) is 3.31. The summed E-state index contributed by atoms with van der Waals surface area (Å²) in [5.41, 5.74) is 0.568. The fraction of sp³-hybridized carbons (Fsp3) is 0.462. The molecule has 0 spiro atoms. The molecule has 1 saturated heterocycles. The van der Waals surface area contributed by atoms with Gasteiger partial charge < -0.3 is 10.6 Å². The summed E-state index contributed by atoms with van der Waals surface area (Å²) in [6, 6.07) is 6.05. The van der Waals surface area contributed by atoms with E-state index in [-0.39, 0.29) is 16.8 Å². The van der Waals surface area contributed by atoms with Crippen LogP contribution in [0, 0.1) is 0 Å². The van der Waals surface area contributed by atoms with Crippen LogP contribution in [0.2, 0.25) is 0 Å². The van der Waals surface area contributed by atoms with Crippen molar-refractivity contribution in [3.8, 4) is 0 Å². The third-order valence-corrected chi connectivity index (χ3v) is 4.24. The van der Waals surface area contributed by atoms with Gasteiger partial charge in [-0.1, -0.05) is 6.42 Å². The second kappa shape index (κ2) is 6.34. The van der Waals surface area contributed by atoms with Gasteiger partial charge in [0.2, 0.25) is 15.9 Å². The quantitative estimate of drug-likeness (QED) is 0.765. The van der Waals surface area contributed by atoms with Crippen molar-refractivity contribution in [2.45, 2.75) is 36.6 Å². The molecule has 1 fully saturated rings. The Labute approximate surface area is 118 Å². The number of nitrogens with one attached hydrogen (secondary N) is 2. The number of benzene rings is 1. The van der Waals surface area contributed by atoms with Gasteiger partial charge in [-0.05, 0) is 43.7 Å². The Kier molecular flexibility index (Phi) is 4.74. The van der Waals surface area contributed by atoms with Gasteiger partial charge in [-0.15, -0.1) is 0 Å². The van der Waals surface area contributed by atoms with Gasteiger partial charge in [0.25, 0.3) is 0 Å². The summed E-state index contributed by atoms with van der Waals surface area (Å²) >= 11 is 0. The van der Waals surface area contributed by atoms with Crippen LogP contribution in [0.15, 0.2) is 29.2 Å². The summed E-state index contributed by atoms with van der Waals surface area (Å²) < 4.78 is 22.2. The zero-order valence-corrected chi connectivity index (χ0v) is 11.9. The van der Waals surface area contributed by atoms with E-state index in [0.717, 1.165) is 25.8 Å². The molecule has 20 heavy (non-hydrogen) atoms. The highest BCUT2D eigenvalue weighted by atomic mass is 32.2. The van der Waals surface area contributed by atoms with Crippen LogP contribution in [-0.2, 0) is 14.8 Å². The normalized spacial score (nSPS) is 19.6. The molecule has 1 aliphatic heterocycles. The lowest BCUT2D eigenvalue weighted by molar-refractivity contribution is -0.116. The van der Waals surface area contributed by atoms with E-state index in [0.29, 0.717) is 12.1 Å². The fourth-order valence-electron chi connectivity index (χ4n) is 2.26. The topological polar surface area (TPSA) is 101 Å². The number of hydrogen-bond acceptors (Lipinski definition) is 4. The smallest absolute Gasteiger partial charge is 0.238 e. The molecule has 1 aromatic carbocycles. The van der Waals surface area contributed by atoms with E-state index in [1.807, 2.05) is 0 Å². The first-order valence-electron chi connectivity index (χ1n) is 6.61. The van der Waals surface area contributed by atoms with Gasteiger partial charge in [0.05, 0.1) is 4.90 Å². The molecule has 0 bridgehead atoms. The summed E-state index contributed by atoms with van der Waals surface area (Å²) in [5, 5.41) is 11.1. The number of carbonyl (C=O) groups excluding carboxylic acids is 1. The summed E-state index contributed by atoms with van der Waals surface area (Å²) in [5.74, 6) is -0.0762. The Balaban J connectivity index is 1.91. The standard InChI is InChI=1S/C13H19N3O3S/c14-20(18,19)12-6-4-10(5-7-12)16-13(17)9-11-3-1-2-8-15-11/h4-7,11,15H,1-3,8-9H2,(H,16,17)(H2,14,18,19). The fourth-order valence-corrected chi connectivity index (χ4v) is 2.78. The summed E-state index contributed by atoms with van der Waals surface area (Å²) in [4.78, 5) is 11.9. The van der Waals surface area contributed by atoms with Crippen LogP contribution < -0.4 is 15.8 Å². The van der Waals surface area contributed by atoms with E-state index in [9.17, 15) is 13.2 Å². The molecular formula is C13H19N3O3S. The second-order valence-corrected chi connectivity index (χ2v) is 6.53. The molecule has 0 aliphatic carbocycles. The van der Waals surface area contributed by atoms with Gasteiger partial charge in [-0.25, -0.2) is 13.6 Å². The van der Waals surface area contributed by atoms with Crippen molar-refractivity contribution in [1.29, 1.82) is 0 Å². The van der Waals surface area contributed by atoms with E-state index in [1.165, 1.54) is 24.3 Å². The van der Waals surface area contributed by atoms with Crippen LogP contribution in [0.5, 0.6) is 0 Å². The van der Waals surface area contributed by atoms with Crippen LogP contribution in [0.3, 0.4) is 0 Å². The Hall–Kier alpha value is -1.44. The predicted octanol–water partition coefficient (Wildman–Crippen LogP) is 0.805. The number of carbonyl (C=O) groups is 1. The second-order valence-electron chi connectivity index (χ2n) is 4.97. The van der Waals surface area contributed by atoms with Crippen molar-refractivity contribution in [1.82, 2.24) is 5.32 Å². The molecule has 0 aromatic heterocycles. The number of amides is 1. The summed E-state index contributed by atoms with van der Waals surface area (Å²) in [6.45, 7) is 0.959. The minimum atomic E-state index is -3.69. The first-order chi connectivity index (χ1) is 9.45. The van der Waals surface area contributed by atoms with Crippen LogP contribution >= 0.6 is 0 Å². The number of sulfonamides is 1. The van der Waals surface area contributed by atoms with Gasteiger partial charge in [0.1, 0.15) is 0 Å². The maximum atomic E-state index is 11.9. The van der Waals surface area contributed by atoms with Crippen LogP contribution in [0.4, 0.5) is 5.69 Å². The lowest BCUT2D eigenvalue weighted by Gasteiger charge is -2.22. The zero-order chi connectivity index (χ0) is 14.6. The van der Waals surface area contributed by atoms with E-state index in [1.54, 1.807) is 0 Å². The number of anilines is 1. The molecule has 4 N–H and O–H groups in total. The number of rotatable bonds is 4. The van der Waals surface area contributed by atoms with Crippen LogP contribution in [0.25, 0.3) is 0 Å². The lowest BCUT2D eigenvalue weighted by atomic mass is 10.0. The van der Waals surface area contributed by atoms with Crippen molar-refractivity contribution in [3.63, 3.8) is 0 Å². The number of hydrogen-bond donors (Lipinski definition) is 3. The maximum absolute atomic E-state index is 11.9. The van der Waals surface area contributed by atoms with E-state index in [4.69, 9.17) is 5.14 Å². The Bertz CT molecular complexity index is 563. The van der Waals surface area contributed by atoms with Crippen molar-refractivity contribution in [3.05, 3.63) is 24.3 Å². The molecule has 1 atom stereocenters. The molecule has 1 amide bonds. The van der Waals surface area contributed by atoms with Gasteiger partial charge in [0.15, 0.2) is 0 Å². The SMILES string of the molecule is NS(=O)(=O)c1ccc(NC(=O)CC2CCCCN2)cc1. The molecule has 1 aliphatic rings. The predicted molar refractivity (Wildman–Crippen MR) is 76.7 cm³/mol. The number of primary sulfonamides is 1. The van der Waals surface area contributed by atoms with Crippen molar-refractivity contribution in [2.24, 2.45) is 5.14 Å². The average molecular weight is 297 g/mol. The van der Waals surface area contributed by atoms with Crippen molar-refractivity contribution in [2.75, 3.05) is 11.9 Å². The molecule has 0 saturated carbocycles. The highest BCUT2D eigenvalue weighted by Gasteiger charge is 2.16. The number of nitrogens with two attached hydrogens (primary N) is 1. The van der Waals surface area contributed by atoms with Crippen LogP contribution in [0.1, 0.15) is 25.7 Å². The third kappa shape index (κ3) is 4.29. The maximum Gasteiger partial charge on any atom is 0.238 e. The monoisotopic (exact) mass is 297 g/mol. The molecule has 2 rings (SSSR count). The minimum absolute atomic E-state index is 0.0319. The highest BCUT2D eigenvalue weighted by Crippen LogP contribution is 2.14. The van der Waals surface area contributed by atoms with Gasteiger partial charge in [-0.3, -0.25) is 4.79 Å². The first kappa shape index (κ1) is 15.0. The van der Waals surface area contributed by atoms with Gasteiger partial charge in [0, 0.05) is 18.2 Å². The zero-order valence-electron chi connectivity index (χ0n) is 11.1. The Morgan fingerprint density at radius 1 is 1.30 bits per heavy atom. The molecular weight excluding hydrogens is 278 g/mol. The molecule has 0 radical (unpaired) electrons. The average Bonchev–Trinajstić information content (AvgIpc) is 2.39. The highest BCUT2D eigenvalue weighted by molar-refractivity contribution is 7.89. The summed E-state index contributed by atoms with van der Waals surface area (Å²) in [6.07, 6.45) is 3.75. The molecule has 1 heterocycles. The number of piperidine rings is 1. The molecule has 110 valence electrons. The van der Waals surface area contributed by atoms with E-state index in [2.05, 4.69) is 10.6 Å². The molecule has 1 aromatic rings. The molecule has 7 heteroatoms. The Morgan fingerprint density at radius 3 is 2.55 bits per heavy atom. The van der Waals surface area contributed by atoms with Crippen molar-refractivity contribution < 1.29 is 13.2 Å². The first-order valence-corrected chi connectivity index (χ1v) is 8.16.